The molecule has 0 aliphatic carbocycles. The molecule has 1 aromatic rings. The maximum Gasteiger partial charge on any atom is 0.269 e. The van der Waals surface area contributed by atoms with Crippen molar-refractivity contribution in [2.45, 2.75) is 26.3 Å². The lowest BCUT2D eigenvalue weighted by Gasteiger charge is -2.10. The molecule has 0 aromatic heterocycles. The second-order valence-corrected chi connectivity index (χ2v) is 3.31. The zero-order valence-corrected chi connectivity index (χ0v) is 10.2. The van der Waals surface area contributed by atoms with Crippen molar-refractivity contribution in [3.63, 3.8) is 0 Å². The topological polar surface area (TPSA) is 95.2 Å². The van der Waals surface area contributed by atoms with Crippen LogP contribution in [-0.4, -0.2) is 11.0 Å². The molecule has 0 aliphatic rings. The molecule has 1 unspecified atom stereocenters. The van der Waals surface area contributed by atoms with E-state index in [1.165, 1.54) is 12.1 Å². The van der Waals surface area contributed by atoms with Crippen LogP contribution >= 0.6 is 0 Å². The third kappa shape index (κ3) is 5.12. The Balaban J connectivity index is 0.00000121. The molecule has 5 heteroatoms. The molecule has 0 saturated heterocycles. The minimum Gasteiger partial charge on any atom is -0.401 e. The van der Waals surface area contributed by atoms with Gasteiger partial charge in [0.15, 0.2) is 0 Å². The largest absolute Gasteiger partial charge is 0.401 e. The summed E-state index contributed by atoms with van der Waals surface area (Å²) in [6.07, 6.45) is 0.535. The van der Waals surface area contributed by atoms with Gasteiger partial charge in [-0.05, 0) is 12.0 Å². The standard InChI is InChI=1S/C10H13N3O2.C2H6/c1-7(11)10(12)6-8-2-4-9(5-3-8)13(14)15;1-2/h2-5,10H,1,6,11-12H2;1-2H3. The third-order valence-electron chi connectivity index (χ3n) is 2.08. The fraction of sp³-hybridized carbons (Fsp3) is 0.333. The number of nitro benzene ring substituents is 1. The summed E-state index contributed by atoms with van der Waals surface area (Å²) >= 11 is 0. The van der Waals surface area contributed by atoms with Crippen LogP contribution in [0.5, 0.6) is 0 Å². The van der Waals surface area contributed by atoms with Gasteiger partial charge in [-0.15, -0.1) is 0 Å². The molecule has 0 aliphatic heterocycles. The van der Waals surface area contributed by atoms with Gasteiger partial charge in [0.1, 0.15) is 0 Å². The van der Waals surface area contributed by atoms with Gasteiger partial charge in [0.25, 0.3) is 5.69 Å². The first-order valence-electron chi connectivity index (χ1n) is 5.44. The van der Waals surface area contributed by atoms with Gasteiger partial charge in [-0.25, -0.2) is 0 Å². The van der Waals surface area contributed by atoms with Gasteiger partial charge in [0.2, 0.25) is 0 Å². The number of benzene rings is 1. The highest BCUT2D eigenvalue weighted by Crippen LogP contribution is 2.13. The number of nitrogens with two attached hydrogens (primary N) is 2. The molecular weight excluding hydrogens is 218 g/mol. The van der Waals surface area contributed by atoms with Gasteiger partial charge in [-0.2, -0.15) is 0 Å². The van der Waals surface area contributed by atoms with Crippen molar-refractivity contribution < 1.29 is 4.92 Å². The highest BCUT2D eigenvalue weighted by atomic mass is 16.6. The summed E-state index contributed by atoms with van der Waals surface area (Å²) in [5.41, 5.74) is 12.5. The molecule has 0 bridgehead atoms. The zero-order valence-electron chi connectivity index (χ0n) is 10.2. The summed E-state index contributed by atoms with van der Waals surface area (Å²) in [6.45, 7) is 7.54. The van der Waals surface area contributed by atoms with Crippen LogP contribution in [-0.2, 0) is 6.42 Å². The normalized spacial score (nSPS) is 11.0. The Hall–Kier alpha value is -1.88. The lowest BCUT2D eigenvalue weighted by molar-refractivity contribution is -0.384. The van der Waals surface area contributed by atoms with Crippen molar-refractivity contribution in [3.8, 4) is 0 Å². The first-order chi connectivity index (χ1) is 8.00. The number of hydrogen-bond acceptors (Lipinski definition) is 4. The van der Waals surface area contributed by atoms with Crippen LogP contribution in [0.4, 0.5) is 5.69 Å². The first kappa shape index (κ1) is 15.1. The molecule has 0 fully saturated rings. The maximum atomic E-state index is 10.4. The first-order valence-corrected chi connectivity index (χ1v) is 5.44. The van der Waals surface area contributed by atoms with Gasteiger partial charge in [0, 0.05) is 23.9 Å². The van der Waals surface area contributed by atoms with Crippen LogP contribution in [0.3, 0.4) is 0 Å². The molecular formula is C12H19N3O2. The van der Waals surface area contributed by atoms with Crippen molar-refractivity contribution in [2.75, 3.05) is 0 Å². The summed E-state index contributed by atoms with van der Waals surface area (Å²) in [6, 6.07) is 5.91. The Labute approximate surface area is 101 Å². The Morgan fingerprint density at radius 1 is 1.41 bits per heavy atom. The minimum absolute atomic E-state index is 0.0684. The number of non-ortho nitro benzene ring substituents is 1. The zero-order chi connectivity index (χ0) is 13.4. The van der Waals surface area contributed by atoms with E-state index in [4.69, 9.17) is 11.5 Å². The van der Waals surface area contributed by atoms with E-state index >= 15 is 0 Å². The molecule has 5 nitrogen and oxygen atoms in total. The summed E-state index contributed by atoms with van der Waals surface area (Å²) in [5, 5.41) is 10.4. The summed E-state index contributed by atoms with van der Waals surface area (Å²) in [7, 11) is 0. The highest BCUT2D eigenvalue weighted by molar-refractivity contribution is 5.33. The van der Waals surface area contributed by atoms with E-state index in [0.717, 1.165) is 5.56 Å². The molecule has 94 valence electrons. The second-order valence-electron chi connectivity index (χ2n) is 3.31. The van der Waals surface area contributed by atoms with Crippen LogP contribution in [0.2, 0.25) is 0 Å². The van der Waals surface area contributed by atoms with Crippen molar-refractivity contribution >= 4 is 5.69 Å². The molecule has 0 saturated carbocycles. The molecule has 0 amide bonds. The van der Waals surface area contributed by atoms with Gasteiger partial charge < -0.3 is 11.5 Å². The molecule has 17 heavy (non-hydrogen) atoms. The van der Waals surface area contributed by atoms with Crippen molar-refractivity contribution in [2.24, 2.45) is 11.5 Å². The lowest BCUT2D eigenvalue weighted by Crippen LogP contribution is -2.28. The average molecular weight is 237 g/mol. The summed E-state index contributed by atoms with van der Waals surface area (Å²) < 4.78 is 0. The maximum absolute atomic E-state index is 10.4. The lowest BCUT2D eigenvalue weighted by atomic mass is 10.0. The summed E-state index contributed by atoms with van der Waals surface area (Å²) in [5.74, 6) is 0. The number of rotatable bonds is 4. The van der Waals surface area contributed by atoms with Crippen LogP contribution in [0, 0.1) is 10.1 Å². The number of nitrogens with zero attached hydrogens (tertiary/aromatic N) is 1. The predicted molar refractivity (Wildman–Crippen MR) is 69.5 cm³/mol. The second kappa shape index (κ2) is 7.40. The van der Waals surface area contributed by atoms with E-state index in [9.17, 15) is 10.1 Å². The molecule has 0 radical (unpaired) electrons. The van der Waals surface area contributed by atoms with Gasteiger partial charge >= 0.3 is 0 Å². The smallest absolute Gasteiger partial charge is 0.269 e. The van der Waals surface area contributed by atoms with Crippen molar-refractivity contribution in [1.29, 1.82) is 0 Å². The molecule has 1 aromatic carbocycles. The van der Waals surface area contributed by atoms with Gasteiger partial charge in [0.05, 0.1) is 4.92 Å². The Morgan fingerprint density at radius 3 is 2.24 bits per heavy atom. The van der Waals surface area contributed by atoms with E-state index in [0.29, 0.717) is 12.1 Å². The highest BCUT2D eigenvalue weighted by Gasteiger charge is 2.07. The predicted octanol–water partition coefficient (Wildman–Crippen LogP) is 1.96. The fourth-order valence-corrected chi connectivity index (χ4v) is 1.14. The van der Waals surface area contributed by atoms with Crippen molar-refractivity contribution in [1.82, 2.24) is 0 Å². The summed E-state index contributed by atoms with van der Waals surface area (Å²) in [4.78, 5) is 9.95. The molecule has 4 N–H and O–H groups in total. The quantitative estimate of drug-likeness (QED) is 0.618. The Bertz CT molecular complexity index is 374. The molecule has 0 heterocycles. The van der Waals surface area contributed by atoms with E-state index in [-0.39, 0.29) is 11.7 Å². The van der Waals surface area contributed by atoms with Crippen molar-refractivity contribution in [3.05, 3.63) is 52.2 Å². The van der Waals surface area contributed by atoms with Crippen LogP contribution < -0.4 is 11.5 Å². The van der Waals surface area contributed by atoms with E-state index in [1.807, 2.05) is 13.8 Å². The monoisotopic (exact) mass is 237 g/mol. The van der Waals surface area contributed by atoms with Gasteiger partial charge in [-0.1, -0.05) is 32.6 Å². The Kier molecular flexibility index (Phi) is 6.58. The van der Waals surface area contributed by atoms with E-state index < -0.39 is 4.92 Å². The minimum atomic E-state index is -0.439. The SMILES string of the molecule is C=C(N)C(N)Cc1ccc([N+](=O)[O-])cc1.CC. The number of nitro groups is 1. The third-order valence-corrected chi connectivity index (χ3v) is 2.08. The van der Waals surface area contributed by atoms with Crippen LogP contribution in [0.25, 0.3) is 0 Å². The van der Waals surface area contributed by atoms with Crippen LogP contribution in [0.15, 0.2) is 36.5 Å². The molecule has 0 spiro atoms. The molecule has 1 atom stereocenters. The van der Waals surface area contributed by atoms with E-state index in [2.05, 4.69) is 6.58 Å². The number of hydrogen-bond donors (Lipinski definition) is 2. The Morgan fingerprint density at radius 2 is 1.88 bits per heavy atom. The van der Waals surface area contributed by atoms with E-state index in [1.54, 1.807) is 12.1 Å². The van der Waals surface area contributed by atoms with Gasteiger partial charge in [-0.3, -0.25) is 10.1 Å². The average Bonchev–Trinajstić information content (AvgIpc) is 2.32. The fourth-order valence-electron chi connectivity index (χ4n) is 1.14. The molecule has 1 rings (SSSR count). The van der Waals surface area contributed by atoms with Crippen LogP contribution in [0.1, 0.15) is 19.4 Å².